The minimum atomic E-state index is 0.154. The topological polar surface area (TPSA) is 35.6 Å². The van der Waals surface area contributed by atoms with Gasteiger partial charge in [-0.25, -0.2) is 0 Å². The van der Waals surface area contributed by atoms with Crippen molar-refractivity contribution in [3.8, 4) is 0 Å². The summed E-state index contributed by atoms with van der Waals surface area (Å²) in [6, 6.07) is 23.9. The van der Waals surface area contributed by atoms with Gasteiger partial charge >= 0.3 is 0 Å². The van der Waals surface area contributed by atoms with E-state index in [0.717, 1.165) is 37.1 Å². The number of rotatable bonds is 7. The third kappa shape index (κ3) is 4.97. The largest absolute Gasteiger partial charge is 0.337 e. The number of benzene rings is 3. The number of fused-ring (bicyclic) bond motifs is 2. The Morgan fingerprint density at radius 1 is 1.00 bits per heavy atom. The van der Waals surface area contributed by atoms with Crippen LogP contribution in [0, 0.1) is 5.92 Å². The predicted octanol–water partition coefficient (Wildman–Crippen LogP) is 4.38. The van der Waals surface area contributed by atoms with Crippen LogP contribution in [0.1, 0.15) is 34.3 Å². The lowest BCUT2D eigenvalue weighted by Crippen LogP contribution is -2.47. The molecule has 1 atom stereocenters. The summed E-state index contributed by atoms with van der Waals surface area (Å²) >= 11 is 0. The Balaban J connectivity index is 1.27. The number of carbonyl (C=O) groups is 1. The molecule has 0 aromatic heterocycles. The lowest BCUT2D eigenvalue weighted by atomic mass is 9.95. The molecule has 4 nitrogen and oxygen atoms in total. The Hall–Kier alpha value is -2.69. The fourth-order valence-electron chi connectivity index (χ4n) is 5.71. The van der Waals surface area contributed by atoms with Crippen LogP contribution in [-0.2, 0) is 12.8 Å². The van der Waals surface area contributed by atoms with E-state index in [0.29, 0.717) is 12.0 Å². The Kier molecular flexibility index (Phi) is 6.75. The minimum Gasteiger partial charge on any atom is -0.337 e. The summed E-state index contributed by atoms with van der Waals surface area (Å²) in [7, 11) is 1.96. The zero-order chi connectivity index (χ0) is 22.6. The first-order valence-corrected chi connectivity index (χ1v) is 12.4. The molecular formula is C29H35N3O. The van der Waals surface area contributed by atoms with E-state index in [-0.39, 0.29) is 5.91 Å². The fraction of sp³-hybridized carbons (Fsp3) is 0.414. The SMILES string of the molecule is CNCCN(CC1CCCN(C2Cc3ccccc3C2)C1)C(=O)c1ccc2ccccc2c1. The monoisotopic (exact) mass is 441 g/mol. The molecule has 0 bridgehead atoms. The Labute approximate surface area is 197 Å². The predicted molar refractivity (Wildman–Crippen MR) is 136 cm³/mol. The maximum Gasteiger partial charge on any atom is 0.253 e. The van der Waals surface area contributed by atoms with E-state index >= 15 is 0 Å². The number of likely N-dealkylation sites (N-methyl/N-ethyl adjacent to an activating group) is 1. The summed E-state index contributed by atoms with van der Waals surface area (Å²) in [5, 5.41) is 5.53. The number of piperidine rings is 1. The third-order valence-electron chi connectivity index (χ3n) is 7.49. The molecule has 4 heteroatoms. The highest BCUT2D eigenvalue weighted by Crippen LogP contribution is 2.29. The molecule has 0 saturated carbocycles. The van der Waals surface area contributed by atoms with E-state index < -0.39 is 0 Å². The summed E-state index contributed by atoms with van der Waals surface area (Å²) in [6.07, 6.45) is 4.77. The number of hydrogen-bond donors (Lipinski definition) is 1. The number of likely N-dealkylation sites (tertiary alicyclic amines) is 1. The van der Waals surface area contributed by atoms with Crippen LogP contribution in [0.2, 0.25) is 0 Å². The summed E-state index contributed by atoms with van der Waals surface area (Å²) in [6.45, 7) is 4.68. The third-order valence-corrected chi connectivity index (χ3v) is 7.49. The van der Waals surface area contributed by atoms with Crippen molar-refractivity contribution in [2.45, 2.75) is 31.7 Å². The van der Waals surface area contributed by atoms with Crippen molar-refractivity contribution in [2.24, 2.45) is 5.92 Å². The first kappa shape index (κ1) is 22.1. The smallest absolute Gasteiger partial charge is 0.253 e. The second kappa shape index (κ2) is 10.1. The van der Waals surface area contributed by atoms with E-state index in [1.807, 2.05) is 31.3 Å². The molecule has 2 aliphatic rings. The van der Waals surface area contributed by atoms with Gasteiger partial charge in [-0.1, -0.05) is 54.6 Å². The highest BCUT2D eigenvalue weighted by molar-refractivity contribution is 5.98. The molecule has 1 aliphatic heterocycles. The maximum absolute atomic E-state index is 13.5. The number of hydrogen-bond acceptors (Lipinski definition) is 3. The van der Waals surface area contributed by atoms with Gasteiger partial charge in [0.25, 0.3) is 5.91 Å². The molecule has 1 amide bonds. The molecule has 3 aromatic carbocycles. The summed E-state index contributed by atoms with van der Waals surface area (Å²) in [5.74, 6) is 0.685. The normalized spacial score (nSPS) is 19.0. The van der Waals surface area contributed by atoms with Crippen molar-refractivity contribution in [3.63, 3.8) is 0 Å². The Morgan fingerprint density at radius 2 is 1.73 bits per heavy atom. The lowest BCUT2D eigenvalue weighted by molar-refractivity contribution is 0.0646. The van der Waals surface area contributed by atoms with Gasteiger partial charge in [-0.3, -0.25) is 9.69 Å². The van der Waals surface area contributed by atoms with Gasteiger partial charge in [-0.2, -0.15) is 0 Å². The molecule has 3 aromatic rings. The average Bonchev–Trinajstić information content (AvgIpc) is 3.30. The van der Waals surface area contributed by atoms with Crippen molar-refractivity contribution in [2.75, 3.05) is 39.8 Å². The first-order valence-electron chi connectivity index (χ1n) is 12.4. The molecule has 1 aliphatic carbocycles. The molecule has 33 heavy (non-hydrogen) atoms. The molecule has 172 valence electrons. The van der Waals surface area contributed by atoms with Gasteiger partial charge in [0.2, 0.25) is 0 Å². The van der Waals surface area contributed by atoms with E-state index in [2.05, 4.69) is 57.6 Å². The summed E-state index contributed by atoms with van der Waals surface area (Å²) in [4.78, 5) is 18.3. The standard InChI is InChI=1S/C29H35N3O/c1-30-14-16-32(29(33)27-13-12-23-8-2-3-9-24(23)17-27)21-22-7-6-15-31(20-22)28-18-25-10-4-5-11-26(25)19-28/h2-5,8-13,17,22,28,30H,6-7,14-16,18-21H2,1H3. The molecule has 1 saturated heterocycles. The number of nitrogens with one attached hydrogen (secondary N) is 1. The van der Waals surface area contributed by atoms with Crippen LogP contribution in [0.3, 0.4) is 0 Å². The van der Waals surface area contributed by atoms with E-state index in [1.165, 1.54) is 48.7 Å². The second-order valence-electron chi connectivity index (χ2n) is 9.75. The van der Waals surface area contributed by atoms with Crippen LogP contribution in [0.4, 0.5) is 0 Å². The highest BCUT2D eigenvalue weighted by atomic mass is 16.2. The van der Waals surface area contributed by atoms with Crippen LogP contribution >= 0.6 is 0 Å². The minimum absolute atomic E-state index is 0.154. The average molecular weight is 442 g/mol. The summed E-state index contributed by atoms with van der Waals surface area (Å²) in [5.41, 5.74) is 3.84. The van der Waals surface area contributed by atoms with Crippen LogP contribution in [0.25, 0.3) is 10.8 Å². The van der Waals surface area contributed by atoms with Crippen molar-refractivity contribution < 1.29 is 4.79 Å². The summed E-state index contributed by atoms with van der Waals surface area (Å²) < 4.78 is 0. The van der Waals surface area contributed by atoms with Gasteiger partial charge < -0.3 is 10.2 Å². The second-order valence-corrected chi connectivity index (χ2v) is 9.75. The molecule has 1 N–H and O–H groups in total. The Morgan fingerprint density at radius 3 is 2.48 bits per heavy atom. The van der Waals surface area contributed by atoms with Crippen molar-refractivity contribution >= 4 is 16.7 Å². The van der Waals surface area contributed by atoms with E-state index in [4.69, 9.17) is 0 Å². The number of amides is 1. The molecule has 5 rings (SSSR count). The van der Waals surface area contributed by atoms with Gasteiger partial charge in [0.1, 0.15) is 0 Å². The quantitative estimate of drug-likeness (QED) is 0.591. The van der Waals surface area contributed by atoms with Crippen molar-refractivity contribution in [3.05, 3.63) is 83.4 Å². The van der Waals surface area contributed by atoms with E-state index in [1.54, 1.807) is 0 Å². The van der Waals surface area contributed by atoms with Crippen LogP contribution < -0.4 is 5.32 Å². The maximum atomic E-state index is 13.5. The zero-order valence-corrected chi connectivity index (χ0v) is 19.7. The fourth-order valence-corrected chi connectivity index (χ4v) is 5.71. The van der Waals surface area contributed by atoms with Crippen LogP contribution in [0.15, 0.2) is 66.7 Å². The van der Waals surface area contributed by atoms with Crippen molar-refractivity contribution in [1.82, 2.24) is 15.1 Å². The number of carbonyl (C=O) groups excluding carboxylic acids is 1. The van der Waals surface area contributed by atoms with Gasteiger partial charge in [-0.05, 0) is 79.2 Å². The van der Waals surface area contributed by atoms with Crippen LogP contribution in [0.5, 0.6) is 0 Å². The van der Waals surface area contributed by atoms with Crippen molar-refractivity contribution in [1.29, 1.82) is 0 Å². The van der Waals surface area contributed by atoms with E-state index in [9.17, 15) is 4.79 Å². The van der Waals surface area contributed by atoms with Crippen LogP contribution in [-0.4, -0.2) is 61.5 Å². The molecule has 1 fully saturated rings. The first-order chi connectivity index (χ1) is 16.2. The molecule has 1 unspecified atom stereocenters. The van der Waals surface area contributed by atoms with Gasteiger partial charge in [-0.15, -0.1) is 0 Å². The zero-order valence-electron chi connectivity index (χ0n) is 19.7. The molecule has 0 spiro atoms. The van der Waals surface area contributed by atoms with Gasteiger partial charge in [0.05, 0.1) is 0 Å². The number of nitrogens with zero attached hydrogens (tertiary/aromatic N) is 2. The molecular weight excluding hydrogens is 406 g/mol. The molecule has 1 heterocycles. The highest BCUT2D eigenvalue weighted by Gasteiger charge is 2.31. The lowest BCUT2D eigenvalue weighted by Gasteiger charge is -2.39. The molecule has 0 radical (unpaired) electrons. The van der Waals surface area contributed by atoms with Gasteiger partial charge in [0.15, 0.2) is 0 Å². The van der Waals surface area contributed by atoms with Gasteiger partial charge in [0, 0.05) is 37.8 Å². The Bertz CT molecular complexity index is 1090.